The van der Waals surface area contributed by atoms with Crippen molar-refractivity contribution in [1.82, 2.24) is 9.55 Å². The van der Waals surface area contributed by atoms with Crippen LogP contribution in [0.4, 0.5) is 0 Å². The Kier molecular flexibility index (Phi) is 3.88. The van der Waals surface area contributed by atoms with Crippen LogP contribution in [0, 0.1) is 5.92 Å². The number of alkyl halides is 1. The summed E-state index contributed by atoms with van der Waals surface area (Å²) in [5.41, 5.74) is 2.16. The van der Waals surface area contributed by atoms with Gasteiger partial charge in [0, 0.05) is 18.3 Å². The Morgan fingerprint density at radius 1 is 1.45 bits per heavy atom. The number of hydrogen-bond acceptors (Lipinski definition) is 2. The Balaban J connectivity index is 2.06. The molecular weight excluding hydrogens is 272 g/mol. The Bertz CT molecular complexity index is 608. The molecule has 3 rings (SSSR count). The van der Waals surface area contributed by atoms with E-state index >= 15 is 0 Å². The summed E-state index contributed by atoms with van der Waals surface area (Å²) in [6.07, 6.45) is 4.64. The maximum atomic E-state index is 5.95. The first-order valence-electron chi connectivity index (χ1n) is 7.40. The van der Waals surface area contributed by atoms with Crippen molar-refractivity contribution < 1.29 is 4.74 Å². The smallest absolute Gasteiger partial charge is 0.146 e. The van der Waals surface area contributed by atoms with Crippen LogP contribution in [0.1, 0.15) is 38.1 Å². The molecule has 1 saturated carbocycles. The number of imidazole rings is 1. The number of rotatable bonds is 6. The summed E-state index contributed by atoms with van der Waals surface area (Å²) in [6.45, 7) is 2.25. The average molecular weight is 293 g/mol. The van der Waals surface area contributed by atoms with E-state index in [9.17, 15) is 0 Å². The predicted octanol–water partition coefficient (Wildman–Crippen LogP) is 4.19. The number of aryl methyl sites for hydroxylation is 1. The molecule has 3 nitrogen and oxygen atoms in total. The summed E-state index contributed by atoms with van der Waals surface area (Å²) in [6, 6.07) is 6.76. The van der Waals surface area contributed by atoms with Gasteiger partial charge in [0.25, 0.3) is 0 Å². The quantitative estimate of drug-likeness (QED) is 0.747. The second-order valence-corrected chi connectivity index (χ2v) is 5.89. The molecule has 4 heteroatoms. The van der Waals surface area contributed by atoms with Crippen LogP contribution in [0.5, 0.6) is 5.75 Å². The van der Waals surface area contributed by atoms with E-state index in [0.29, 0.717) is 11.9 Å². The predicted molar refractivity (Wildman–Crippen MR) is 82.8 cm³/mol. The summed E-state index contributed by atoms with van der Waals surface area (Å²) >= 11 is 5.95. The number of ether oxygens (including phenoxy) is 1. The Morgan fingerprint density at radius 2 is 2.30 bits per heavy atom. The number of methoxy groups -OCH3 is 1. The monoisotopic (exact) mass is 292 g/mol. The van der Waals surface area contributed by atoms with Crippen molar-refractivity contribution in [2.75, 3.05) is 13.0 Å². The van der Waals surface area contributed by atoms with Gasteiger partial charge in [-0.05, 0) is 30.9 Å². The first-order chi connectivity index (χ1) is 9.80. The van der Waals surface area contributed by atoms with Gasteiger partial charge in [-0.25, -0.2) is 4.98 Å². The van der Waals surface area contributed by atoms with Crippen LogP contribution in [-0.4, -0.2) is 22.5 Å². The lowest BCUT2D eigenvalue weighted by Gasteiger charge is -2.08. The average Bonchev–Trinajstić information content (AvgIpc) is 3.10. The molecule has 0 amide bonds. The molecule has 20 heavy (non-hydrogen) atoms. The van der Waals surface area contributed by atoms with Gasteiger partial charge in [-0.3, -0.25) is 0 Å². The zero-order valence-corrected chi connectivity index (χ0v) is 12.9. The van der Waals surface area contributed by atoms with E-state index in [1.807, 2.05) is 12.1 Å². The van der Waals surface area contributed by atoms with E-state index in [-0.39, 0.29) is 0 Å². The highest BCUT2D eigenvalue weighted by Crippen LogP contribution is 2.48. The number of aromatic nitrogens is 2. The van der Waals surface area contributed by atoms with Gasteiger partial charge in [-0.15, -0.1) is 11.6 Å². The van der Waals surface area contributed by atoms with Crippen molar-refractivity contribution in [3.63, 3.8) is 0 Å². The molecule has 108 valence electrons. The van der Waals surface area contributed by atoms with Crippen LogP contribution in [0.25, 0.3) is 11.0 Å². The van der Waals surface area contributed by atoms with Crippen LogP contribution in [0.3, 0.4) is 0 Å². The first-order valence-corrected chi connectivity index (χ1v) is 7.93. The van der Waals surface area contributed by atoms with Crippen molar-refractivity contribution in [1.29, 1.82) is 0 Å². The molecule has 0 spiro atoms. The van der Waals surface area contributed by atoms with Gasteiger partial charge in [0.05, 0.1) is 12.6 Å². The van der Waals surface area contributed by atoms with Crippen LogP contribution < -0.4 is 4.74 Å². The summed E-state index contributed by atoms with van der Waals surface area (Å²) in [5.74, 6) is 3.36. The number of halogens is 1. The van der Waals surface area contributed by atoms with Gasteiger partial charge < -0.3 is 9.30 Å². The SMILES string of the molecule is CCCC1CC1n1c(CCCl)nc2c(OC)cccc21. The topological polar surface area (TPSA) is 27.1 Å². The van der Waals surface area contributed by atoms with Crippen LogP contribution in [0.15, 0.2) is 18.2 Å². The molecule has 1 aromatic heterocycles. The summed E-state index contributed by atoms with van der Waals surface area (Å²) in [7, 11) is 1.70. The summed E-state index contributed by atoms with van der Waals surface area (Å²) < 4.78 is 7.84. The Morgan fingerprint density at radius 3 is 3.00 bits per heavy atom. The zero-order chi connectivity index (χ0) is 14.1. The van der Waals surface area contributed by atoms with Crippen molar-refractivity contribution in [3.8, 4) is 5.75 Å². The lowest BCUT2D eigenvalue weighted by Crippen LogP contribution is -2.04. The van der Waals surface area contributed by atoms with Crippen molar-refractivity contribution in [2.24, 2.45) is 5.92 Å². The minimum Gasteiger partial charge on any atom is -0.494 e. The third kappa shape index (κ3) is 2.28. The largest absolute Gasteiger partial charge is 0.494 e. The second kappa shape index (κ2) is 5.65. The minimum atomic E-state index is 0.602. The molecule has 0 radical (unpaired) electrons. The third-order valence-corrected chi connectivity index (χ3v) is 4.36. The molecule has 1 heterocycles. The van der Waals surface area contributed by atoms with Gasteiger partial charge in [-0.1, -0.05) is 19.4 Å². The van der Waals surface area contributed by atoms with E-state index < -0.39 is 0 Å². The zero-order valence-electron chi connectivity index (χ0n) is 12.1. The van der Waals surface area contributed by atoms with Gasteiger partial charge in [-0.2, -0.15) is 0 Å². The molecule has 1 aromatic carbocycles. The standard InChI is InChI=1S/C16H21ClN2O/c1-3-5-11-10-13(11)19-12-6-4-7-14(20-2)16(12)18-15(19)8-9-17/h4,6-7,11,13H,3,5,8-10H2,1-2H3. The fraction of sp³-hybridized carbons (Fsp3) is 0.562. The lowest BCUT2D eigenvalue weighted by molar-refractivity contribution is 0.419. The Hall–Kier alpha value is -1.22. The molecule has 0 saturated heterocycles. The van der Waals surface area contributed by atoms with Gasteiger partial charge in [0.15, 0.2) is 0 Å². The normalized spacial score (nSPS) is 21.4. The number of nitrogens with zero attached hydrogens (tertiary/aromatic N) is 2. The van der Waals surface area contributed by atoms with E-state index in [1.165, 1.54) is 24.8 Å². The van der Waals surface area contributed by atoms with Gasteiger partial charge >= 0.3 is 0 Å². The summed E-state index contributed by atoms with van der Waals surface area (Å²) in [5, 5.41) is 0. The van der Waals surface area contributed by atoms with Crippen molar-refractivity contribution >= 4 is 22.6 Å². The van der Waals surface area contributed by atoms with Gasteiger partial charge in [0.1, 0.15) is 17.1 Å². The molecule has 2 unspecified atom stereocenters. The molecule has 1 fully saturated rings. The highest BCUT2D eigenvalue weighted by Gasteiger charge is 2.39. The van der Waals surface area contributed by atoms with E-state index in [4.69, 9.17) is 21.3 Å². The molecule has 2 atom stereocenters. The van der Waals surface area contributed by atoms with Crippen LogP contribution in [-0.2, 0) is 6.42 Å². The van der Waals surface area contributed by atoms with E-state index in [0.717, 1.165) is 29.4 Å². The molecule has 2 aromatic rings. The number of para-hydroxylation sites is 1. The molecule has 1 aliphatic carbocycles. The van der Waals surface area contributed by atoms with Gasteiger partial charge in [0.2, 0.25) is 0 Å². The summed E-state index contributed by atoms with van der Waals surface area (Å²) in [4.78, 5) is 4.78. The van der Waals surface area contributed by atoms with Crippen molar-refractivity contribution in [3.05, 3.63) is 24.0 Å². The highest BCUT2D eigenvalue weighted by atomic mass is 35.5. The maximum Gasteiger partial charge on any atom is 0.146 e. The van der Waals surface area contributed by atoms with Crippen molar-refractivity contribution in [2.45, 2.75) is 38.6 Å². The lowest BCUT2D eigenvalue weighted by atomic mass is 10.2. The third-order valence-electron chi connectivity index (χ3n) is 4.17. The fourth-order valence-electron chi connectivity index (χ4n) is 3.16. The Labute approximate surface area is 124 Å². The fourth-order valence-corrected chi connectivity index (χ4v) is 3.33. The van der Waals surface area contributed by atoms with Crippen LogP contribution in [0.2, 0.25) is 0 Å². The molecule has 0 N–H and O–H groups in total. The molecular formula is C16H21ClN2O. The highest BCUT2D eigenvalue weighted by molar-refractivity contribution is 6.17. The van der Waals surface area contributed by atoms with Crippen LogP contribution >= 0.6 is 11.6 Å². The number of fused-ring (bicyclic) bond motifs is 1. The molecule has 0 aliphatic heterocycles. The molecule has 0 bridgehead atoms. The molecule has 1 aliphatic rings. The number of hydrogen-bond donors (Lipinski definition) is 0. The van der Waals surface area contributed by atoms with E-state index in [2.05, 4.69) is 17.6 Å². The first kappa shape index (κ1) is 13.7. The second-order valence-electron chi connectivity index (χ2n) is 5.52. The number of benzene rings is 1. The van der Waals surface area contributed by atoms with E-state index in [1.54, 1.807) is 7.11 Å². The maximum absolute atomic E-state index is 5.95. The minimum absolute atomic E-state index is 0.602.